The van der Waals surface area contributed by atoms with Crippen molar-refractivity contribution in [2.24, 2.45) is 0 Å². The van der Waals surface area contributed by atoms with Gasteiger partial charge < -0.3 is 15.7 Å². The Morgan fingerprint density at radius 2 is 1.28 bits per heavy atom. The monoisotopic (exact) mass is 398 g/mol. The summed E-state index contributed by atoms with van der Waals surface area (Å²) >= 11 is 0. The molecule has 0 atom stereocenters. The van der Waals surface area contributed by atoms with Crippen molar-refractivity contribution in [1.29, 1.82) is 0 Å². The van der Waals surface area contributed by atoms with Crippen LogP contribution in [0.15, 0.2) is 42.5 Å². The number of aromatic hydroxyl groups is 1. The number of hydrogen-bond donors (Lipinski definition) is 2. The number of phenolic OH excluding ortho intramolecular Hbond substituents is 1. The molecular formula is C26H42N2O. The van der Waals surface area contributed by atoms with Gasteiger partial charge in [0.2, 0.25) is 0 Å². The summed E-state index contributed by atoms with van der Waals surface area (Å²) in [5.74, 6) is 0.223. The second-order valence-electron chi connectivity index (χ2n) is 10.4. The van der Waals surface area contributed by atoms with Crippen LogP contribution in [0.2, 0.25) is 0 Å². The van der Waals surface area contributed by atoms with E-state index in [1.54, 1.807) is 0 Å². The largest absolute Gasteiger partial charge is 0.505 e. The van der Waals surface area contributed by atoms with Crippen molar-refractivity contribution < 1.29 is 5.11 Å². The molecule has 3 nitrogen and oxygen atoms in total. The number of nitrogens with two attached hydrogens (primary N) is 1. The molecule has 0 unspecified atom stereocenters. The third-order valence-electron chi connectivity index (χ3n) is 4.98. The van der Waals surface area contributed by atoms with Gasteiger partial charge in [-0.15, -0.1) is 0 Å². The Kier molecular flexibility index (Phi) is 8.20. The van der Waals surface area contributed by atoms with E-state index in [1.165, 1.54) is 5.69 Å². The molecule has 0 fully saturated rings. The van der Waals surface area contributed by atoms with Crippen LogP contribution in [-0.4, -0.2) is 17.2 Å². The molecule has 0 aliphatic carbocycles. The minimum atomic E-state index is -0.0978. The van der Waals surface area contributed by atoms with Crippen molar-refractivity contribution in [2.75, 3.05) is 10.6 Å². The molecule has 162 valence electrons. The Morgan fingerprint density at radius 3 is 1.66 bits per heavy atom. The van der Waals surface area contributed by atoms with Gasteiger partial charge in [-0.3, -0.25) is 0 Å². The van der Waals surface area contributed by atoms with Gasteiger partial charge in [0.1, 0.15) is 5.75 Å². The summed E-state index contributed by atoms with van der Waals surface area (Å²) in [6.45, 7) is 21.6. The highest BCUT2D eigenvalue weighted by Crippen LogP contribution is 2.38. The first-order valence-electron chi connectivity index (χ1n) is 10.6. The quantitative estimate of drug-likeness (QED) is 0.437. The summed E-state index contributed by atoms with van der Waals surface area (Å²) in [5, 5.41) is 10.00. The van der Waals surface area contributed by atoms with Crippen LogP contribution in [0.4, 0.5) is 11.4 Å². The van der Waals surface area contributed by atoms with Gasteiger partial charge in [0, 0.05) is 23.3 Å². The van der Waals surface area contributed by atoms with Crippen molar-refractivity contribution in [2.45, 2.75) is 92.2 Å². The molecule has 3 heteroatoms. The molecule has 0 radical (unpaired) electrons. The van der Waals surface area contributed by atoms with Gasteiger partial charge in [0.15, 0.2) is 0 Å². The zero-order chi connectivity index (χ0) is 22.6. The summed E-state index contributed by atoms with van der Waals surface area (Å²) in [4.78, 5) is 2.42. The molecular weight excluding hydrogens is 356 g/mol. The van der Waals surface area contributed by atoms with Crippen LogP contribution in [0, 0.1) is 0 Å². The summed E-state index contributed by atoms with van der Waals surface area (Å²) in [6, 6.07) is 15.6. The Bertz CT molecular complexity index is 758. The third-order valence-corrected chi connectivity index (χ3v) is 4.98. The molecule has 0 amide bonds. The molecule has 0 bridgehead atoms. The van der Waals surface area contributed by atoms with Gasteiger partial charge >= 0.3 is 0 Å². The van der Waals surface area contributed by atoms with Gasteiger partial charge in [0.05, 0.1) is 5.69 Å². The van der Waals surface area contributed by atoms with Gasteiger partial charge in [-0.05, 0) is 62.3 Å². The van der Waals surface area contributed by atoms with Crippen LogP contribution in [0.1, 0.15) is 80.4 Å². The van der Waals surface area contributed by atoms with E-state index in [-0.39, 0.29) is 16.6 Å². The Hall–Kier alpha value is -2.16. The lowest BCUT2D eigenvalue weighted by atomic mass is 9.80. The molecule has 2 rings (SSSR count). The van der Waals surface area contributed by atoms with E-state index in [0.29, 0.717) is 17.8 Å². The zero-order valence-electron chi connectivity index (χ0n) is 20.2. The van der Waals surface area contributed by atoms with E-state index in [4.69, 9.17) is 5.73 Å². The topological polar surface area (TPSA) is 49.5 Å². The standard InChI is InChI=1S/C14H23NO.C12H19N/c1-13(2,3)9-7-10(14(4,5)6)12(16)11(15)8-9;1-10(2)13(11(3)4)12-8-6-5-7-9-12/h7-8,16H,15H2,1-6H3;5-11H,1-4H3. The molecule has 2 aromatic carbocycles. The van der Waals surface area contributed by atoms with Crippen molar-refractivity contribution in [3.05, 3.63) is 53.6 Å². The first-order valence-corrected chi connectivity index (χ1v) is 10.6. The highest BCUT2D eigenvalue weighted by atomic mass is 16.3. The fourth-order valence-corrected chi connectivity index (χ4v) is 3.45. The molecule has 0 aromatic heterocycles. The number of rotatable bonds is 3. The fraction of sp³-hybridized carbons (Fsp3) is 0.538. The van der Waals surface area contributed by atoms with E-state index >= 15 is 0 Å². The van der Waals surface area contributed by atoms with E-state index < -0.39 is 0 Å². The maximum atomic E-state index is 10.00. The van der Waals surface area contributed by atoms with Crippen LogP contribution in [0.5, 0.6) is 5.75 Å². The molecule has 29 heavy (non-hydrogen) atoms. The summed E-state index contributed by atoms with van der Waals surface area (Å²) in [5.41, 5.74) is 9.67. The number of anilines is 2. The number of benzene rings is 2. The summed E-state index contributed by atoms with van der Waals surface area (Å²) in [6.07, 6.45) is 0. The van der Waals surface area contributed by atoms with Gasteiger partial charge in [-0.2, -0.15) is 0 Å². The molecule has 0 heterocycles. The zero-order valence-corrected chi connectivity index (χ0v) is 20.2. The van der Waals surface area contributed by atoms with Gasteiger partial charge in [0.25, 0.3) is 0 Å². The lowest BCUT2D eigenvalue weighted by molar-refractivity contribution is 0.447. The van der Waals surface area contributed by atoms with Crippen molar-refractivity contribution in [3.63, 3.8) is 0 Å². The van der Waals surface area contributed by atoms with Gasteiger partial charge in [-0.1, -0.05) is 65.8 Å². The lowest BCUT2D eigenvalue weighted by Crippen LogP contribution is -2.36. The lowest BCUT2D eigenvalue weighted by Gasteiger charge is -2.33. The van der Waals surface area contributed by atoms with E-state index in [2.05, 4.69) is 111 Å². The van der Waals surface area contributed by atoms with E-state index in [9.17, 15) is 5.11 Å². The SMILES string of the molecule is CC(C)(C)c1cc(N)c(O)c(C(C)(C)C)c1.CC(C)N(c1ccccc1)C(C)C. The molecule has 2 aromatic rings. The molecule has 0 saturated carbocycles. The summed E-state index contributed by atoms with van der Waals surface area (Å²) in [7, 11) is 0. The van der Waals surface area contributed by atoms with Gasteiger partial charge in [-0.25, -0.2) is 0 Å². The van der Waals surface area contributed by atoms with Crippen molar-refractivity contribution >= 4 is 11.4 Å². The van der Waals surface area contributed by atoms with Crippen LogP contribution in [-0.2, 0) is 10.8 Å². The Morgan fingerprint density at radius 1 is 0.793 bits per heavy atom. The van der Waals surface area contributed by atoms with Crippen LogP contribution < -0.4 is 10.6 Å². The Labute approximate surface area is 178 Å². The minimum absolute atomic E-state index is 0.0435. The number of nitrogens with zero attached hydrogens (tertiary/aromatic N) is 1. The molecule has 0 aliphatic rings. The van der Waals surface area contributed by atoms with Crippen LogP contribution in [0.3, 0.4) is 0 Å². The maximum absolute atomic E-state index is 10.00. The second-order valence-corrected chi connectivity index (χ2v) is 10.4. The molecule has 0 aliphatic heterocycles. The predicted octanol–water partition coefficient (Wildman–Crippen LogP) is 6.88. The smallest absolute Gasteiger partial charge is 0.142 e. The highest BCUT2D eigenvalue weighted by molar-refractivity contribution is 5.60. The summed E-state index contributed by atoms with van der Waals surface area (Å²) < 4.78 is 0. The number of phenols is 1. The average Bonchev–Trinajstić information content (AvgIpc) is 2.56. The average molecular weight is 399 g/mol. The maximum Gasteiger partial charge on any atom is 0.142 e. The number of nitrogen functional groups attached to an aromatic ring is 1. The fourth-order valence-electron chi connectivity index (χ4n) is 3.45. The van der Waals surface area contributed by atoms with Crippen LogP contribution >= 0.6 is 0 Å². The van der Waals surface area contributed by atoms with Crippen molar-refractivity contribution in [3.8, 4) is 5.75 Å². The first-order chi connectivity index (χ1) is 13.2. The van der Waals surface area contributed by atoms with Crippen molar-refractivity contribution in [1.82, 2.24) is 0 Å². The van der Waals surface area contributed by atoms with E-state index in [0.717, 1.165) is 11.1 Å². The van der Waals surface area contributed by atoms with Crippen LogP contribution in [0.25, 0.3) is 0 Å². The first kappa shape index (κ1) is 24.9. The number of para-hydroxylation sites is 1. The predicted molar refractivity (Wildman–Crippen MR) is 129 cm³/mol. The number of hydrogen-bond acceptors (Lipinski definition) is 3. The molecule has 0 saturated heterocycles. The molecule has 0 spiro atoms. The third kappa shape index (κ3) is 6.99. The van der Waals surface area contributed by atoms with E-state index in [1.807, 2.05) is 6.07 Å². The normalized spacial score (nSPS) is 12.0. The Balaban J connectivity index is 0.000000296. The highest BCUT2D eigenvalue weighted by Gasteiger charge is 2.24. The molecule has 3 N–H and O–H groups in total. The second kappa shape index (κ2) is 9.56. The minimum Gasteiger partial charge on any atom is -0.505 e.